The van der Waals surface area contributed by atoms with Gasteiger partial charge in [0.05, 0.1) is 12.6 Å². The maximum Gasteiger partial charge on any atom is 0.150 e. The monoisotopic (exact) mass is 240 g/mol. The van der Waals surface area contributed by atoms with Crippen LogP contribution in [-0.2, 0) is 12.8 Å². The maximum atomic E-state index is 9.20. The molecule has 0 amide bonds. The van der Waals surface area contributed by atoms with Crippen LogP contribution in [0.3, 0.4) is 0 Å². The zero-order valence-electron chi connectivity index (χ0n) is 11.3. The molecule has 1 aromatic heterocycles. The van der Waals surface area contributed by atoms with Crippen molar-refractivity contribution < 1.29 is 5.11 Å². The second kappa shape index (κ2) is 5.60. The highest BCUT2D eigenvalue weighted by atomic mass is 16.3. The number of rotatable bonds is 6. The SMILES string of the molecule is CCc1nc(CC)n(C(C)CC(C)(N)CO)n1. The third kappa shape index (κ3) is 3.51. The van der Waals surface area contributed by atoms with Crippen LogP contribution in [0.15, 0.2) is 0 Å². The molecule has 1 heterocycles. The number of hydrogen-bond donors (Lipinski definition) is 2. The van der Waals surface area contributed by atoms with E-state index in [2.05, 4.69) is 23.9 Å². The summed E-state index contributed by atoms with van der Waals surface area (Å²) in [4.78, 5) is 4.47. The van der Waals surface area contributed by atoms with Crippen molar-refractivity contribution >= 4 is 0 Å². The summed E-state index contributed by atoms with van der Waals surface area (Å²) in [6.45, 7) is 8.01. The number of aryl methyl sites for hydroxylation is 2. The summed E-state index contributed by atoms with van der Waals surface area (Å²) in [5, 5.41) is 13.7. The molecule has 0 bridgehead atoms. The van der Waals surface area contributed by atoms with Gasteiger partial charge < -0.3 is 10.8 Å². The van der Waals surface area contributed by atoms with Crippen molar-refractivity contribution in [3.8, 4) is 0 Å². The highest BCUT2D eigenvalue weighted by molar-refractivity contribution is 4.95. The zero-order valence-corrected chi connectivity index (χ0v) is 11.3. The number of nitrogens with two attached hydrogens (primary N) is 1. The van der Waals surface area contributed by atoms with Crippen molar-refractivity contribution in [2.24, 2.45) is 5.73 Å². The molecule has 0 aromatic carbocycles. The van der Waals surface area contributed by atoms with Crippen molar-refractivity contribution in [1.29, 1.82) is 0 Å². The Morgan fingerprint density at radius 1 is 1.41 bits per heavy atom. The van der Waals surface area contributed by atoms with Gasteiger partial charge in [0, 0.05) is 18.4 Å². The van der Waals surface area contributed by atoms with Gasteiger partial charge in [-0.3, -0.25) is 0 Å². The fourth-order valence-corrected chi connectivity index (χ4v) is 1.97. The molecule has 1 aromatic rings. The molecule has 0 spiro atoms. The lowest BCUT2D eigenvalue weighted by Gasteiger charge is -2.26. The molecular formula is C12H24N4O. The van der Waals surface area contributed by atoms with Crippen LogP contribution in [0.4, 0.5) is 0 Å². The molecule has 0 saturated carbocycles. The Balaban J connectivity index is 2.87. The van der Waals surface area contributed by atoms with Gasteiger partial charge in [-0.05, 0) is 20.3 Å². The molecule has 2 unspecified atom stereocenters. The second-order valence-corrected chi connectivity index (χ2v) is 4.96. The van der Waals surface area contributed by atoms with Gasteiger partial charge >= 0.3 is 0 Å². The van der Waals surface area contributed by atoms with Gasteiger partial charge in [-0.25, -0.2) is 9.67 Å². The van der Waals surface area contributed by atoms with Crippen LogP contribution in [0, 0.1) is 0 Å². The summed E-state index contributed by atoms with van der Waals surface area (Å²) in [5.41, 5.74) is 5.41. The highest BCUT2D eigenvalue weighted by Crippen LogP contribution is 2.19. The molecule has 5 nitrogen and oxygen atoms in total. The van der Waals surface area contributed by atoms with Crippen molar-refractivity contribution in [2.75, 3.05) is 6.61 Å². The molecule has 0 radical (unpaired) electrons. The van der Waals surface area contributed by atoms with Crippen LogP contribution < -0.4 is 5.73 Å². The normalized spacial score (nSPS) is 16.8. The van der Waals surface area contributed by atoms with E-state index in [0.717, 1.165) is 24.5 Å². The van der Waals surface area contributed by atoms with Gasteiger partial charge in [0.25, 0.3) is 0 Å². The van der Waals surface area contributed by atoms with Gasteiger partial charge in [0.1, 0.15) is 5.82 Å². The molecule has 2 atom stereocenters. The second-order valence-electron chi connectivity index (χ2n) is 4.96. The molecule has 0 saturated heterocycles. The first kappa shape index (κ1) is 14.1. The van der Waals surface area contributed by atoms with E-state index in [0.29, 0.717) is 6.42 Å². The molecule has 0 aliphatic heterocycles. The number of aliphatic hydroxyl groups is 1. The summed E-state index contributed by atoms with van der Waals surface area (Å²) < 4.78 is 1.94. The van der Waals surface area contributed by atoms with Gasteiger partial charge in [-0.2, -0.15) is 5.10 Å². The third-order valence-corrected chi connectivity index (χ3v) is 2.92. The standard InChI is InChI=1S/C12H24N4O/c1-5-10-14-11(6-2)16(15-10)9(3)7-12(4,13)8-17/h9,17H,5-8,13H2,1-4H3. The molecule has 3 N–H and O–H groups in total. The first-order valence-corrected chi connectivity index (χ1v) is 6.27. The van der Waals surface area contributed by atoms with Crippen molar-refractivity contribution in [3.63, 3.8) is 0 Å². The Hall–Kier alpha value is -0.940. The van der Waals surface area contributed by atoms with Gasteiger partial charge in [-0.15, -0.1) is 0 Å². The minimum absolute atomic E-state index is 0.0197. The smallest absolute Gasteiger partial charge is 0.150 e. The first-order chi connectivity index (χ1) is 7.93. The first-order valence-electron chi connectivity index (χ1n) is 6.27. The minimum Gasteiger partial charge on any atom is -0.394 e. The van der Waals surface area contributed by atoms with Gasteiger partial charge in [0.15, 0.2) is 5.82 Å². The summed E-state index contributed by atoms with van der Waals surface area (Å²) in [5.74, 6) is 1.86. The molecule has 17 heavy (non-hydrogen) atoms. The van der Waals surface area contributed by atoms with Crippen molar-refractivity contribution in [1.82, 2.24) is 14.8 Å². The van der Waals surface area contributed by atoms with E-state index in [1.165, 1.54) is 0 Å². The number of hydrogen-bond acceptors (Lipinski definition) is 4. The lowest BCUT2D eigenvalue weighted by Crippen LogP contribution is -2.42. The topological polar surface area (TPSA) is 77.0 Å². The number of nitrogens with zero attached hydrogens (tertiary/aromatic N) is 3. The molecule has 0 aliphatic carbocycles. The van der Waals surface area contributed by atoms with E-state index in [1.807, 2.05) is 18.5 Å². The lowest BCUT2D eigenvalue weighted by molar-refractivity contribution is 0.182. The van der Waals surface area contributed by atoms with E-state index >= 15 is 0 Å². The van der Waals surface area contributed by atoms with Crippen LogP contribution in [0.1, 0.15) is 51.8 Å². The molecule has 0 aliphatic rings. The molecule has 0 fully saturated rings. The fourth-order valence-electron chi connectivity index (χ4n) is 1.97. The van der Waals surface area contributed by atoms with E-state index in [-0.39, 0.29) is 12.6 Å². The summed E-state index contributed by atoms with van der Waals surface area (Å²) in [6.07, 6.45) is 2.38. The maximum absolute atomic E-state index is 9.20. The van der Waals surface area contributed by atoms with Crippen LogP contribution >= 0.6 is 0 Å². The lowest BCUT2D eigenvalue weighted by atomic mass is 9.96. The van der Waals surface area contributed by atoms with Gasteiger partial charge in [0.2, 0.25) is 0 Å². The van der Waals surface area contributed by atoms with Crippen LogP contribution in [-0.4, -0.2) is 32.0 Å². The highest BCUT2D eigenvalue weighted by Gasteiger charge is 2.23. The zero-order chi connectivity index (χ0) is 13.1. The largest absolute Gasteiger partial charge is 0.394 e. The Morgan fingerprint density at radius 2 is 2.06 bits per heavy atom. The summed E-state index contributed by atoms with van der Waals surface area (Å²) in [7, 11) is 0. The van der Waals surface area contributed by atoms with Crippen LogP contribution in [0.2, 0.25) is 0 Å². The molecule has 1 rings (SSSR count). The molecule has 5 heteroatoms. The quantitative estimate of drug-likeness (QED) is 0.779. The van der Waals surface area contributed by atoms with E-state index < -0.39 is 5.54 Å². The Morgan fingerprint density at radius 3 is 2.53 bits per heavy atom. The Bertz CT molecular complexity index is 359. The number of aromatic nitrogens is 3. The average molecular weight is 240 g/mol. The Labute approximate surface area is 103 Å². The average Bonchev–Trinajstić information content (AvgIpc) is 2.71. The van der Waals surface area contributed by atoms with Crippen LogP contribution in [0.25, 0.3) is 0 Å². The minimum atomic E-state index is -0.567. The fraction of sp³-hybridized carbons (Fsp3) is 0.833. The van der Waals surface area contributed by atoms with E-state index in [9.17, 15) is 5.11 Å². The predicted molar refractivity (Wildman–Crippen MR) is 67.8 cm³/mol. The predicted octanol–water partition coefficient (Wildman–Crippen LogP) is 1.06. The molecule has 98 valence electrons. The van der Waals surface area contributed by atoms with Crippen LogP contribution in [0.5, 0.6) is 0 Å². The van der Waals surface area contributed by atoms with Gasteiger partial charge in [-0.1, -0.05) is 13.8 Å². The third-order valence-electron chi connectivity index (χ3n) is 2.92. The summed E-state index contributed by atoms with van der Waals surface area (Å²) in [6, 6.07) is 0.153. The number of aliphatic hydroxyl groups excluding tert-OH is 1. The summed E-state index contributed by atoms with van der Waals surface area (Å²) >= 11 is 0. The molecular weight excluding hydrogens is 216 g/mol. The van der Waals surface area contributed by atoms with Crippen molar-refractivity contribution in [2.45, 2.75) is 58.5 Å². The van der Waals surface area contributed by atoms with Crippen molar-refractivity contribution in [3.05, 3.63) is 11.6 Å². The van der Waals surface area contributed by atoms with E-state index in [1.54, 1.807) is 0 Å². The Kier molecular flexibility index (Phi) is 4.65. The van der Waals surface area contributed by atoms with E-state index in [4.69, 9.17) is 5.73 Å².